The molecule has 1 fully saturated rings. The number of rotatable bonds is 3. The van der Waals surface area contributed by atoms with Gasteiger partial charge in [-0.3, -0.25) is 0 Å². The summed E-state index contributed by atoms with van der Waals surface area (Å²) in [6, 6.07) is 4.10. The van der Waals surface area contributed by atoms with Crippen molar-refractivity contribution in [2.45, 2.75) is 52.1 Å². The molecule has 0 amide bonds. The lowest BCUT2D eigenvalue weighted by atomic mass is 10.1. The van der Waals surface area contributed by atoms with Crippen LogP contribution < -0.4 is 4.90 Å². The lowest BCUT2D eigenvalue weighted by Gasteiger charge is -2.23. The molecule has 3 heteroatoms. The number of aryl methyl sites for hydroxylation is 1. The van der Waals surface area contributed by atoms with Gasteiger partial charge in [-0.1, -0.05) is 25.8 Å². The number of pyridine rings is 1. The third kappa shape index (κ3) is 3.02. The van der Waals surface area contributed by atoms with Crippen molar-refractivity contribution < 1.29 is 5.11 Å². The minimum absolute atomic E-state index is 0.379. The Hall–Kier alpha value is -1.09. The lowest BCUT2D eigenvalue weighted by Crippen LogP contribution is -2.25. The lowest BCUT2D eigenvalue weighted by molar-refractivity contribution is 0.172. The Morgan fingerprint density at radius 2 is 1.89 bits per heavy atom. The van der Waals surface area contributed by atoms with Gasteiger partial charge in [0.25, 0.3) is 0 Å². The van der Waals surface area contributed by atoms with Crippen molar-refractivity contribution in [2.24, 2.45) is 0 Å². The van der Waals surface area contributed by atoms with Crippen LogP contribution in [0.3, 0.4) is 0 Å². The van der Waals surface area contributed by atoms with Gasteiger partial charge in [-0.25, -0.2) is 4.98 Å². The summed E-state index contributed by atoms with van der Waals surface area (Å²) >= 11 is 0. The van der Waals surface area contributed by atoms with Crippen LogP contribution in [0.4, 0.5) is 5.82 Å². The number of aliphatic hydroxyl groups is 1. The highest BCUT2D eigenvalue weighted by Crippen LogP contribution is 2.23. The van der Waals surface area contributed by atoms with E-state index >= 15 is 0 Å². The quantitative estimate of drug-likeness (QED) is 0.892. The second-order valence-corrected chi connectivity index (χ2v) is 5.17. The van der Waals surface area contributed by atoms with Gasteiger partial charge in [0, 0.05) is 24.3 Å². The van der Waals surface area contributed by atoms with Gasteiger partial charge in [-0.15, -0.1) is 0 Å². The molecule has 2 heterocycles. The molecule has 0 bridgehead atoms. The van der Waals surface area contributed by atoms with Crippen molar-refractivity contribution in [3.8, 4) is 0 Å². The number of hydrogen-bond donors (Lipinski definition) is 1. The van der Waals surface area contributed by atoms with Gasteiger partial charge in [0.2, 0.25) is 0 Å². The van der Waals surface area contributed by atoms with E-state index in [2.05, 4.69) is 16.0 Å². The van der Waals surface area contributed by atoms with Crippen molar-refractivity contribution in [3.05, 3.63) is 23.4 Å². The van der Waals surface area contributed by atoms with E-state index in [1.807, 2.05) is 19.9 Å². The van der Waals surface area contributed by atoms with Crippen LogP contribution in [0.1, 0.15) is 56.4 Å². The molecule has 1 unspecified atom stereocenters. The second kappa shape index (κ2) is 6.19. The van der Waals surface area contributed by atoms with Crippen molar-refractivity contribution in [3.63, 3.8) is 0 Å². The number of aromatic nitrogens is 1. The highest BCUT2D eigenvalue weighted by Gasteiger charge is 2.14. The van der Waals surface area contributed by atoms with E-state index in [9.17, 15) is 5.11 Å². The third-order valence-electron chi connectivity index (χ3n) is 3.79. The van der Waals surface area contributed by atoms with Crippen molar-refractivity contribution in [1.82, 2.24) is 4.98 Å². The first kappa shape index (κ1) is 13.3. The fourth-order valence-electron chi connectivity index (χ4n) is 2.61. The first-order chi connectivity index (χ1) is 8.72. The largest absolute Gasteiger partial charge is 0.388 e. The van der Waals surface area contributed by atoms with Crippen LogP contribution in [-0.2, 0) is 0 Å². The molecule has 1 saturated heterocycles. The molecule has 100 valence electrons. The average molecular weight is 248 g/mol. The zero-order valence-corrected chi connectivity index (χ0v) is 11.5. The van der Waals surface area contributed by atoms with Gasteiger partial charge < -0.3 is 10.0 Å². The zero-order valence-electron chi connectivity index (χ0n) is 11.5. The molecule has 2 rings (SSSR count). The van der Waals surface area contributed by atoms with E-state index in [1.165, 1.54) is 25.7 Å². The van der Waals surface area contributed by atoms with Crippen LogP contribution in [0.25, 0.3) is 0 Å². The molecule has 0 aliphatic carbocycles. The van der Waals surface area contributed by atoms with E-state index in [0.717, 1.165) is 36.6 Å². The molecule has 1 atom stereocenters. The Morgan fingerprint density at radius 1 is 1.22 bits per heavy atom. The van der Waals surface area contributed by atoms with Gasteiger partial charge >= 0.3 is 0 Å². The minimum atomic E-state index is -0.379. The summed E-state index contributed by atoms with van der Waals surface area (Å²) in [5.74, 6) is 1.07. The zero-order chi connectivity index (χ0) is 13.0. The van der Waals surface area contributed by atoms with Gasteiger partial charge in [0.15, 0.2) is 0 Å². The molecule has 1 aliphatic heterocycles. The van der Waals surface area contributed by atoms with E-state index in [1.54, 1.807) is 0 Å². The van der Waals surface area contributed by atoms with Crippen LogP contribution in [0.15, 0.2) is 12.1 Å². The molecule has 0 spiro atoms. The van der Waals surface area contributed by atoms with Crippen molar-refractivity contribution in [1.29, 1.82) is 0 Å². The van der Waals surface area contributed by atoms with E-state index in [4.69, 9.17) is 0 Å². The maximum absolute atomic E-state index is 9.90. The molecule has 3 nitrogen and oxygen atoms in total. The fourth-order valence-corrected chi connectivity index (χ4v) is 2.61. The predicted molar refractivity (Wildman–Crippen MR) is 74.9 cm³/mol. The highest BCUT2D eigenvalue weighted by atomic mass is 16.3. The topological polar surface area (TPSA) is 36.4 Å². The van der Waals surface area contributed by atoms with Gasteiger partial charge in [-0.2, -0.15) is 0 Å². The van der Waals surface area contributed by atoms with Crippen LogP contribution in [0.2, 0.25) is 0 Å². The second-order valence-electron chi connectivity index (χ2n) is 5.17. The Labute approximate surface area is 110 Å². The molecular weight excluding hydrogens is 224 g/mol. The molecule has 1 aromatic rings. The third-order valence-corrected chi connectivity index (χ3v) is 3.79. The van der Waals surface area contributed by atoms with Crippen LogP contribution in [-0.4, -0.2) is 23.2 Å². The first-order valence-corrected chi connectivity index (χ1v) is 7.13. The summed E-state index contributed by atoms with van der Waals surface area (Å²) in [5, 5.41) is 9.90. The SMILES string of the molecule is CCC(O)c1ccc(N2CCCCCC2)nc1C. The van der Waals surface area contributed by atoms with E-state index in [-0.39, 0.29) is 6.10 Å². The van der Waals surface area contributed by atoms with Gasteiger partial charge in [-0.05, 0) is 32.3 Å². The molecule has 1 N–H and O–H groups in total. The molecule has 0 saturated carbocycles. The predicted octanol–water partition coefficient (Wildman–Crippen LogP) is 3.21. The number of aliphatic hydroxyl groups excluding tert-OH is 1. The van der Waals surface area contributed by atoms with Crippen LogP contribution >= 0.6 is 0 Å². The smallest absolute Gasteiger partial charge is 0.128 e. The summed E-state index contributed by atoms with van der Waals surface area (Å²) in [5.41, 5.74) is 1.93. The minimum Gasteiger partial charge on any atom is -0.388 e. The van der Waals surface area contributed by atoms with Crippen molar-refractivity contribution >= 4 is 5.82 Å². The van der Waals surface area contributed by atoms with Crippen molar-refractivity contribution in [2.75, 3.05) is 18.0 Å². The number of hydrogen-bond acceptors (Lipinski definition) is 3. The van der Waals surface area contributed by atoms with Gasteiger partial charge in [0.05, 0.1) is 6.10 Å². The van der Waals surface area contributed by atoms with Gasteiger partial charge in [0.1, 0.15) is 5.82 Å². The Kier molecular flexibility index (Phi) is 4.59. The molecule has 1 aromatic heterocycles. The number of nitrogens with zero attached hydrogens (tertiary/aromatic N) is 2. The summed E-state index contributed by atoms with van der Waals surface area (Å²) in [6.07, 6.45) is 5.56. The molecule has 0 aromatic carbocycles. The normalized spacial score (nSPS) is 18.5. The van der Waals surface area contributed by atoms with Crippen LogP contribution in [0, 0.1) is 6.92 Å². The van der Waals surface area contributed by atoms with E-state index in [0.29, 0.717) is 0 Å². The summed E-state index contributed by atoms with van der Waals surface area (Å²) in [4.78, 5) is 7.05. The standard InChI is InChI=1S/C15H24N2O/c1-3-14(18)13-8-9-15(16-12(13)2)17-10-6-4-5-7-11-17/h8-9,14,18H,3-7,10-11H2,1-2H3. The fraction of sp³-hybridized carbons (Fsp3) is 0.667. The summed E-state index contributed by atoms with van der Waals surface area (Å²) in [7, 11) is 0. The molecule has 18 heavy (non-hydrogen) atoms. The molecule has 1 aliphatic rings. The maximum Gasteiger partial charge on any atom is 0.128 e. The Balaban J connectivity index is 2.16. The number of anilines is 1. The first-order valence-electron chi connectivity index (χ1n) is 7.13. The summed E-state index contributed by atoms with van der Waals surface area (Å²) in [6.45, 7) is 6.21. The summed E-state index contributed by atoms with van der Waals surface area (Å²) < 4.78 is 0. The highest BCUT2D eigenvalue weighted by molar-refractivity contribution is 5.42. The molecular formula is C15H24N2O. The maximum atomic E-state index is 9.90. The molecule has 0 radical (unpaired) electrons. The average Bonchev–Trinajstić information content (AvgIpc) is 2.66. The Morgan fingerprint density at radius 3 is 2.44 bits per heavy atom. The Bertz CT molecular complexity index is 384. The van der Waals surface area contributed by atoms with E-state index < -0.39 is 0 Å². The van der Waals surface area contributed by atoms with Crippen LogP contribution in [0.5, 0.6) is 0 Å². The monoisotopic (exact) mass is 248 g/mol.